The third kappa shape index (κ3) is 6.20. The molecule has 2 aromatic carbocycles. The largest absolute Gasteiger partial charge is 0.495 e. The minimum atomic E-state index is 0. The van der Waals surface area contributed by atoms with Gasteiger partial charge in [-0.15, -0.1) is 24.0 Å². The maximum atomic E-state index is 6.08. The number of halogens is 2. The van der Waals surface area contributed by atoms with Crippen molar-refractivity contribution in [2.24, 2.45) is 10.7 Å². The fourth-order valence-electron chi connectivity index (χ4n) is 2.45. The zero-order valence-electron chi connectivity index (χ0n) is 14.1. The van der Waals surface area contributed by atoms with Crippen LogP contribution in [0.1, 0.15) is 16.7 Å². The lowest BCUT2D eigenvalue weighted by Crippen LogP contribution is -2.23. The summed E-state index contributed by atoms with van der Waals surface area (Å²) in [5, 5.41) is 3.56. The molecule has 2 rings (SSSR count). The number of aryl methyl sites for hydroxylation is 2. The zero-order valence-corrected chi connectivity index (χ0v) is 17.2. The molecule has 0 aliphatic carbocycles. The highest BCUT2D eigenvalue weighted by atomic mass is 127. The normalized spacial score (nSPS) is 10.9. The Kier molecular flexibility index (Phi) is 8.35. The number of guanidine groups is 1. The third-order valence-corrected chi connectivity index (χ3v) is 3.68. The molecule has 0 saturated heterocycles. The van der Waals surface area contributed by atoms with Gasteiger partial charge in [0.25, 0.3) is 0 Å². The van der Waals surface area contributed by atoms with Gasteiger partial charge in [-0.1, -0.05) is 40.9 Å². The maximum Gasteiger partial charge on any atom is 0.193 e. The molecular weight excluding hydrogens is 437 g/mol. The summed E-state index contributed by atoms with van der Waals surface area (Å²) in [6.07, 6.45) is 0.855. The predicted octanol–water partition coefficient (Wildman–Crippen LogP) is 4.55. The molecule has 0 aliphatic heterocycles. The molecular formula is C18H23ClIN3O. The standard InChI is InChI=1S/C18H22ClN3O.HI/c1-12-8-13(2)10-14(9-12)6-7-21-18(20)22-15-4-5-17(23-3)16(19)11-15;/h4-5,8-11H,6-7H2,1-3H3,(H3,20,21,22);1H. The Bertz CT molecular complexity index is 699. The van der Waals surface area contributed by atoms with Gasteiger partial charge in [0.2, 0.25) is 0 Å². The maximum absolute atomic E-state index is 6.08. The predicted molar refractivity (Wildman–Crippen MR) is 113 cm³/mol. The Hall–Kier alpha value is -1.47. The molecule has 0 fully saturated rings. The number of nitrogens with one attached hydrogen (secondary N) is 1. The second kappa shape index (κ2) is 9.74. The van der Waals surface area contributed by atoms with Gasteiger partial charge < -0.3 is 15.8 Å². The summed E-state index contributed by atoms with van der Waals surface area (Å²) in [5.74, 6) is 0.998. The third-order valence-electron chi connectivity index (χ3n) is 3.39. The van der Waals surface area contributed by atoms with E-state index in [1.807, 2.05) is 6.07 Å². The second-order valence-corrected chi connectivity index (χ2v) is 5.89. The highest BCUT2D eigenvalue weighted by Gasteiger charge is 2.02. The van der Waals surface area contributed by atoms with Gasteiger partial charge in [0, 0.05) is 12.2 Å². The molecule has 0 atom stereocenters. The van der Waals surface area contributed by atoms with Crippen LogP contribution in [0.3, 0.4) is 0 Å². The Morgan fingerprint density at radius 3 is 2.42 bits per heavy atom. The van der Waals surface area contributed by atoms with Crippen LogP contribution in [-0.4, -0.2) is 19.6 Å². The Labute approximate surface area is 165 Å². The van der Waals surface area contributed by atoms with E-state index in [0.717, 1.165) is 12.1 Å². The number of nitrogens with two attached hydrogens (primary N) is 1. The summed E-state index contributed by atoms with van der Waals surface area (Å²) in [6, 6.07) is 11.9. The average molecular weight is 460 g/mol. The van der Waals surface area contributed by atoms with Crippen LogP contribution in [-0.2, 0) is 6.42 Å². The van der Waals surface area contributed by atoms with Gasteiger partial charge in [-0.25, -0.2) is 0 Å². The van der Waals surface area contributed by atoms with Gasteiger partial charge in [0.15, 0.2) is 5.96 Å². The molecule has 0 spiro atoms. The van der Waals surface area contributed by atoms with Gasteiger partial charge in [-0.2, -0.15) is 0 Å². The molecule has 130 valence electrons. The van der Waals surface area contributed by atoms with Gasteiger partial charge in [-0.3, -0.25) is 4.99 Å². The minimum Gasteiger partial charge on any atom is -0.495 e. The molecule has 0 bridgehead atoms. The lowest BCUT2D eigenvalue weighted by Gasteiger charge is -2.08. The first-order chi connectivity index (χ1) is 11.0. The molecule has 0 aliphatic rings. The number of benzene rings is 2. The molecule has 0 heterocycles. The van der Waals surface area contributed by atoms with Gasteiger partial charge in [0.1, 0.15) is 5.75 Å². The van der Waals surface area contributed by atoms with Crippen molar-refractivity contribution >= 4 is 47.2 Å². The number of methoxy groups -OCH3 is 1. The van der Waals surface area contributed by atoms with Crippen LogP contribution in [0.5, 0.6) is 5.75 Å². The van der Waals surface area contributed by atoms with Crippen molar-refractivity contribution in [2.75, 3.05) is 19.0 Å². The monoisotopic (exact) mass is 459 g/mol. The summed E-state index contributed by atoms with van der Waals surface area (Å²) in [4.78, 5) is 4.36. The van der Waals surface area contributed by atoms with Crippen molar-refractivity contribution in [1.82, 2.24) is 0 Å². The van der Waals surface area contributed by atoms with Gasteiger partial charge in [-0.05, 0) is 44.0 Å². The number of aliphatic imine (C=N–C) groups is 1. The first-order valence-electron chi connectivity index (χ1n) is 7.45. The van der Waals surface area contributed by atoms with E-state index in [1.165, 1.54) is 16.7 Å². The van der Waals surface area contributed by atoms with Crippen LogP contribution in [0.2, 0.25) is 5.02 Å². The zero-order chi connectivity index (χ0) is 16.8. The molecule has 3 N–H and O–H groups in total. The summed E-state index contributed by atoms with van der Waals surface area (Å²) in [6.45, 7) is 4.83. The lowest BCUT2D eigenvalue weighted by molar-refractivity contribution is 0.415. The minimum absolute atomic E-state index is 0. The molecule has 0 amide bonds. The van der Waals surface area contributed by atoms with Crippen molar-refractivity contribution in [2.45, 2.75) is 20.3 Å². The molecule has 0 radical (unpaired) electrons. The van der Waals surface area contributed by atoms with Crippen LogP contribution in [0.25, 0.3) is 0 Å². The van der Waals surface area contributed by atoms with E-state index < -0.39 is 0 Å². The number of ether oxygens (including phenoxy) is 1. The summed E-state index contributed by atoms with van der Waals surface area (Å²) in [5.41, 5.74) is 10.5. The van der Waals surface area contributed by atoms with E-state index in [2.05, 4.69) is 42.4 Å². The quantitative estimate of drug-likeness (QED) is 0.392. The molecule has 6 heteroatoms. The van der Waals surface area contributed by atoms with Crippen LogP contribution in [0.15, 0.2) is 41.4 Å². The van der Waals surface area contributed by atoms with Crippen LogP contribution < -0.4 is 15.8 Å². The van der Waals surface area contributed by atoms with E-state index in [0.29, 0.717) is 23.3 Å². The molecule has 24 heavy (non-hydrogen) atoms. The van der Waals surface area contributed by atoms with E-state index in [9.17, 15) is 0 Å². The van der Waals surface area contributed by atoms with Crippen molar-refractivity contribution in [3.63, 3.8) is 0 Å². The second-order valence-electron chi connectivity index (χ2n) is 5.49. The number of hydrogen-bond donors (Lipinski definition) is 2. The lowest BCUT2D eigenvalue weighted by atomic mass is 10.1. The number of anilines is 1. The molecule has 0 unspecified atom stereocenters. The Balaban J connectivity index is 0.00000288. The summed E-state index contributed by atoms with van der Waals surface area (Å²) < 4.78 is 5.12. The van der Waals surface area contributed by atoms with Crippen LogP contribution in [0, 0.1) is 13.8 Å². The number of rotatable bonds is 5. The summed E-state index contributed by atoms with van der Waals surface area (Å²) in [7, 11) is 1.58. The van der Waals surface area contributed by atoms with Crippen molar-refractivity contribution in [1.29, 1.82) is 0 Å². The fraction of sp³-hybridized carbons (Fsp3) is 0.278. The SMILES string of the molecule is COc1ccc(NC(N)=NCCc2cc(C)cc(C)c2)cc1Cl.I. The first kappa shape index (κ1) is 20.6. The fourth-order valence-corrected chi connectivity index (χ4v) is 2.71. The molecule has 2 aromatic rings. The number of hydrogen-bond acceptors (Lipinski definition) is 2. The highest BCUT2D eigenvalue weighted by Crippen LogP contribution is 2.27. The molecule has 0 saturated carbocycles. The van der Waals surface area contributed by atoms with E-state index in [4.69, 9.17) is 22.1 Å². The Morgan fingerprint density at radius 1 is 1.17 bits per heavy atom. The Morgan fingerprint density at radius 2 is 1.83 bits per heavy atom. The van der Waals surface area contributed by atoms with E-state index in [1.54, 1.807) is 19.2 Å². The summed E-state index contributed by atoms with van der Waals surface area (Å²) >= 11 is 6.08. The number of nitrogens with zero attached hydrogens (tertiary/aromatic N) is 1. The smallest absolute Gasteiger partial charge is 0.193 e. The van der Waals surface area contributed by atoms with Crippen molar-refractivity contribution in [3.8, 4) is 5.75 Å². The average Bonchev–Trinajstić information content (AvgIpc) is 2.46. The topological polar surface area (TPSA) is 59.6 Å². The van der Waals surface area contributed by atoms with Crippen LogP contribution >= 0.6 is 35.6 Å². The van der Waals surface area contributed by atoms with Crippen LogP contribution in [0.4, 0.5) is 5.69 Å². The highest BCUT2D eigenvalue weighted by molar-refractivity contribution is 14.0. The van der Waals surface area contributed by atoms with Crippen molar-refractivity contribution in [3.05, 3.63) is 58.1 Å². The van der Waals surface area contributed by atoms with E-state index >= 15 is 0 Å². The molecule has 4 nitrogen and oxygen atoms in total. The molecule has 0 aromatic heterocycles. The first-order valence-corrected chi connectivity index (χ1v) is 7.83. The van der Waals surface area contributed by atoms with E-state index in [-0.39, 0.29) is 24.0 Å². The van der Waals surface area contributed by atoms with Crippen molar-refractivity contribution < 1.29 is 4.74 Å². The van der Waals surface area contributed by atoms with Gasteiger partial charge >= 0.3 is 0 Å². The van der Waals surface area contributed by atoms with Gasteiger partial charge in [0.05, 0.1) is 12.1 Å².